The number of hydrogen-bond donors (Lipinski definition) is 6. The Morgan fingerprint density at radius 2 is 0.821 bits per heavy atom. The first-order chi connectivity index (χ1) is 11.8. The Morgan fingerprint density at radius 1 is 0.571 bits per heavy atom. The highest BCUT2D eigenvalue weighted by Gasteiger charge is 2.90. The van der Waals surface area contributed by atoms with Gasteiger partial charge in [0.2, 0.25) is 0 Å². The molecular weight excluding hydrogens is 512 g/mol. The van der Waals surface area contributed by atoms with Crippen molar-refractivity contribution in [3.05, 3.63) is 0 Å². The summed E-state index contributed by atoms with van der Waals surface area (Å²) >= 11 is 0. The van der Waals surface area contributed by atoms with Crippen LogP contribution in [-0.4, -0.2) is 90.1 Å². The number of carboxylic acid groups (broad SMARTS) is 1. The molecule has 0 aromatic carbocycles. The highest BCUT2D eigenvalue weighted by atomic mass is 32.3. The molecule has 0 aliphatic rings. The van der Waals surface area contributed by atoms with Crippen LogP contribution >= 0.6 is 0 Å². The molecule has 0 atom stereocenters. The van der Waals surface area contributed by atoms with Crippen LogP contribution in [0.5, 0.6) is 0 Å². The number of hydrogen-bond acceptors (Lipinski definition) is 13. The molecule has 0 fully saturated rings. The molecule has 0 spiro atoms. The Hall–Kier alpha value is -1.51. The van der Waals surface area contributed by atoms with E-state index in [9.17, 15) is 51.7 Å². The molecule has 28 heavy (non-hydrogen) atoms. The number of carbonyl (C=O) groups is 2. The SMILES string of the molecule is O=C(O)C(C(C(=O)OS(=O)(=O)O)(S(=O)(=O)O)S(=O)(=O)O)(S(=O)(=O)O)S(=O)(=O)O. The van der Waals surface area contributed by atoms with E-state index >= 15 is 0 Å². The molecule has 0 bridgehead atoms. The van der Waals surface area contributed by atoms with Gasteiger partial charge >= 0.3 is 71.0 Å². The van der Waals surface area contributed by atoms with Crippen LogP contribution in [0.25, 0.3) is 0 Å². The van der Waals surface area contributed by atoms with Gasteiger partial charge in [0.05, 0.1) is 0 Å². The third kappa shape index (κ3) is 3.69. The fraction of sp³-hybridized carbons (Fsp3) is 0.500. The second-order valence-corrected chi connectivity index (χ2v) is 12.0. The molecule has 6 N–H and O–H groups in total. The van der Waals surface area contributed by atoms with E-state index in [-0.39, 0.29) is 0 Å². The minimum atomic E-state index is -7.57. The summed E-state index contributed by atoms with van der Waals surface area (Å²) in [6, 6.07) is 0. The third-order valence-corrected chi connectivity index (χ3v) is 10.8. The number of carboxylic acids is 1. The molecule has 24 heteroatoms. The van der Waals surface area contributed by atoms with E-state index in [0.29, 0.717) is 0 Å². The van der Waals surface area contributed by atoms with E-state index in [4.69, 9.17) is 27.9 Å². The number of aliphatic carboxylic acids is 1. The molecular formula is C4H6O19S5. The molecule has 0 aliphatic carbocycles. The van der Waals surface area contributed by atoms with Crippen molar-refractivity contribution in [2.75, 3.05) is 0 Å². The molecule has 19 nitrogen and oxygen atoms in total. The zero-order chi connectivity index (χ0) is 23.4. The van der Waals surface area contributed by atoms with E-state index in [1.165, 1.54) is 0 Å². The minimum Gasteiger partial charge on any atom is -0.479 e. The van der Waals surface area contributed by atoms with Gasteiger partial charge < -0.3 is 9.29 Å². The predicted octanol–water partition coefficient (Wildman–Crippen LogP) is -4.64. The van der Waals surface area contributed by atoms with Crippen molar-refractivity contribution in [3.63, 3.8) is 0 Å². The first-order valence-corrected chi connectivity index (χ1v) is 12.3. The maximum absolute atomic E-state index is 11.8. The van der Waals surface area contributed by atoms with Crippen molar-refractivity contribution >= 4 is 62.8 Å². The van der Waals surface area contributed by atoms with Crippen molar-refractivity contribution in [1.82, 2.24) is 0 Å². The highest BCUT2D eigenvalue weighted by molar-refractivity contribution is 8.14. The fourth-order valence-electron chi connectivity index (χ4n) is 1.80. The van der Waals surface area contributed by atoms with Gasteiger partial charge in [-0.2, -0.15) is 42.1 Å². The molecule has 0 amide bonds. The predicted molar refractivity (Wildman–Crippen MR) is 76.9 cm³/mol. The second-order valence-electron chi connectivity index (χ2n) is 4.24. The van der Waals surface area contributed by atoms with Crippen LogP contribution in [0.2, 0.25) is 0 Å². The second kappa shape index (κ2) is 6.78. The Balaban J connectivity index is 8.59. The van der Waals surface area contributed by atoms with Gasteiger partial charge in [0.15, 0.2) is 0 Å². The van der Waals surface area contributed by atoms with Gasteiger partial charge in [-0.05, 0) is 0 Å². The van der Waals surface area contributed by atoms with Gasteiger partial charge in [-0.15, -0.1) is 0 Å². The van der Waals surface area contributed by atoms with Crippen LogP contribution in [0.1, 0.15) is 0 Å². The van der Waals surface area contributed by atoms with Crippen LogP contribution in [-0.2, 0) is 64.6 Å². The summed E-state index contributed by atoms with van der Waals surface area (Å²) in [5, 5.41) is 8.86. The van der Waals surface area contributed by atoms with E-state index < -0.39 is 71.0 Å². The van der Waals surface area contributed by atoms with Crippen molar-refractivity contribution in [3.8, 4) is 0 Å². The van der Waals surface area contributed by atoms with Crippen LogP contribution in [0.15, 0.2) is 0 Å². The molecule has 0 radical (unpaired) electrons. The summed E-state index contributed by atoms with van der Waals surface area (Å²) in [6.45, 7) is 0. The highest BCUT2D eigenvalue weighted by Crippen LogP contribution is 2.45. The average molecular weight is 518 g/mol. The van der Waals surface area contributed by atoms with E-state index in [1.807, 2.05) is 0 Å². The van der Waals surface area contributed by atoms with Crippen LogP contribution < -0.4 is 0 Å². The van der Waals surface area contributed by atoms with Crippen LogP contribution in [0.3, 0.4) is 0 Å². The lowest BCUT2D eigenvalue weighted by molar-refractivity contribution is -0.144. The van der Waals surface area contributed by atoms with Crippen molar-refractivity contribution in [2.45, 2.75) is 8.16 Å². The summed E-state index contributed by atoms with van der Waals surface area (Å²) in [5.41, 5.74) is 0. The van der Waals surface area contributed by atoms with Gasteiger partial charge in [-0.3, -0.25) is 22.8 Å². The first kappa shape index (κ1) is 26.5. The molecule has 0 heterocycles. The van der Waals surface area contributed by atoms with Gasteiger partial charge in [-0.25, -0.2) is 9.59 Å². The molecule has 0 aliphatic heterocycles. The van der Waals surface area contributed by atoms with Gasteiger partial charge in [0.25, 0.3) is 0 Å². The molecule has 166 valence electrons. The summed E-state index contributed by atoms with van der Waals surface area (Å²) in [6.07, 6.45) is 0. The maximum atomic E-state index is 11.8. The smallest absolute Gasteiger partial charge is 0.449 e. The third-order valence-electron chi connectivity index (χ3n) is 2.62. The Labute approximate surface area is 154 Å². The van der Waals surface area contributed by atoms with Gasteiger partial charge in [0.1, 0.15) is 0 Å². The molecule has 0 unspecified atom stereocenters. The van der Waals surface area contributed by atoms with Gasteiger partial charge in [-0.1, -0.05) is 0 Å². The largest absolute Gasteiger partial charge is 0.479 e. The minimum absolute atomic E-state index is 2.70. The van der Waals surface area contributed by atoms with E-state index in [0.717, 1.165) is 0 Å². The Morgan fingerprint density at radius 3 is 0.964 bits per heavy atom. The maximum Gasteiger partial charge on any atom is 0.449 e. The lowest BCUT2D eigenvalue weighted by Crippen LogP contribution is -2.77. The van der Waals surface area contributed by atoms with Crippen LogP contribution in [0, 0.1) is 0 Å². The summed E-state index contributed by atoms with van der Waals surface area (Å²) in [7, 11) is -36.6. The Kier molecular flexibility index (Phi) is 6.41. The molecule has 0 rings (SSSR count). The summed E-state index contributed by atoms with van der Waals surface area (Å²) in [4.78, 5) is 23.0. The topological polar surface area (TPSA) is 335 Å². The lowest BCUT2D eigenvalue weighted by atomic mass is 10.3. The molecule has 0 saturated carbocycles. The monoisotopic (exact) mass is 518 g/mol. The summed E-state index contributed by atoms with van der Waals surface area (Å²) < 4.78 is 147. The van der Waals surface area contributed by atoms with Crippen molar-refractivity contribution < 1.29 is 83.7 Å². The van der Waals surface area contributed by atoms with Crippen LogP contribution in [0.4, 0.5) is 0 Å². The first-order valence-electron chi connectivity index (χ1n) is 5.15. The normalized spacial score (nSPS) is 15.0. The van der Waals surface area contributed by atoms with E-state index in [1.54, 1.807) is 0 Å². The van der Waals surface area contributed by atoms with Gasteiger partial charge in [0, 0.05) is 0 Å². The number of carbonyl (C=O) groups excluding carboxylic acids is 1. The average Bonchev–Trinajstić information content (AvgIpc) is 2.24. The lowest BCUT2D eigenvalue weighted by Gasteiger charge is -2.35. The standard InChI is InChI=1S/C4H6O19S5/c5-1(6)3(24(8,9)10,25(11,12)13)4(26(14,15)16,27(17,18)19)2(7)23-28(20,21)22/h(H,5,6)(H,8,9,10)(H,11,12,13)(H,14,15,16)(H,17,18,19)(H,20,21,22). The fourth-order valence-corrected chi connectivity index (χ4v) is 9.53. The zero-order valence-corrected chi connectivity index (χ0v) is 16.1. The molecule has 0 aromatic heterocycles. The van der Waals surface area contributed by atoms with E-state index in [2.05, 4.69) is 4.18 Å². The van der Waals surface area contributed by atoms with Crippen molar-refractivity contribution in [1.29, 1.82) is 0 Å². The molecule has 0 aromatic rings. The van der Waals surface area contributed by atoms with Crippen molar-refractivity contribution in [2.24, 2.45) is 0 Å². The Bertz CT molecular complexity index is 1160. The zero-order valence-electron chi connectivity index (χ0n) is 12.0. The number of rotatable bonds is 8. The molecule has 0 saturated heterocycles. The quantitative estimate of drug-likeness (QED) is 0.164. The summed E-state index contributed by atoms with van der Waals surface area (Å²) in [5.74, 6) is -8.02.